The van der Waals surface area contributed by atoms with Crippen LogP contribution in [0.2, 0.25) is 0 Å². The van der Waals surface area contributed by atoms with Gasteiger partial charge < -0.3 is 19.3 Å². The van der Waals surface area contributed by atoms with Gasteiger partial charge in [-0.05, 0) is 43.3 Å². The topological polar surface area (TPSA) is 59.1 Å². The Labute approximate surface area is 173 Å². The summed E-state index contributed by atoms with van der Waals surface area (Å²) in [7, 11) is 0. The third-order valence-corrected chi connectivity index (χ3v) is 5.07. The number of aryl methyl sites for hydroxylation is 1. The van der Waals surface area contributed by atoms with Crippen molar-refractivity contribution in [1.82, 2.24) is 9.80 Å². The SMILES string of the molecule is Cc1ccc(OCC(=O)N2CCN(C(=O)COc3ccc(Br)cc3)CC2)cc1. The van der Waals surface area contributed by atoms with Crippen molar-refractivity contribution in [2.75, 3.05) is 39.4 Å². The Balaban J connectivity index is 1.39. The standard InChI is InChI=1S/C21H23BrN2O4/c1-16-2-6-18(7-3-16)27-14-20(25)23-10-12-24(13-11-23)21(26)15-28-19-8-4-17(22)5-9-19/h2-9H,10-15H2,1H3. The third kappa shape index (κ3) is 5.73. The molecule has 0 N–H and O–H groups in total. The number of amides is 2. The van der Waals surface area contributed by atoms with E-state index >= 15 is 0 Å². The van der Waals surface area contributed by atoms with Gasteiger partial charge >= 0.3 is 0 Å². The molecule has 0 spiro atoms. The predicted molar refractivity (Wildman–Crippen MR) is 109 cm³/mol. The van der Waals surface area contributed by atoms with Crippen LogP contribution in [0.4, 0.5) is 0 Å². The summed E-state index contributed by atoms with van der Waals surface area (Å²) in [5.74, 6) is 1.18. The van der Waals surface area contributed by atoms with E-state index in [-0.39, 0.29) is 25.0 Å². The lowest BCUT2D eigenvalue weighted by atomic mass is 10.2. The van der Waals surface area contributed by atoms with Crippen LogP contribution in [0.25, 0.3) is 0 Å². The molecule has 1 aliphatic rings. The normalized spacial score (nSPS) is 13.9. The van der Waals surface area contributed by atoms with Gasteiger partial charge in [-0.2, -0.15) is 0 Å². The van der Waals surface area contributed by atoms with Gasteiger partial charge in [-0.1, -0.05) is 33.6 Å². The highest BCUT2D eigenvalue weighted by Crippen LogP contribution is 2.16. The fraction of sp³-hybridized carbons (Fsp3) is 0.333. The lowest BCUT2D eigenvalue weighted by molar-refractivity contribution is -0.141. The molecule has 0 bridgehead atoms. The predicted octanol–water partition coefficient (Wildman–Crippen LogP) is 2.89. The number of nitrogens with zero attached hydrogens (tertiary/aromatic N) is 2. The summed E-state index contributed by atoms with van der Waals surface area (Å²) in [4.78, 5) is 28.1. The largest absolute Gasteiger partial charge is 0.484 e. The van der Waals surface area contributed by atoms with Gasteiger partial charge in [-0.3, -0.25) is 9.59 Å². The minimum atomic E-state index is -0.0778. The van der Waals surface area contributed by atoms with Gasteiger partial charge in [-0.25, -0.2) is 0 Å². The Hall–Kier alpha value is -2.54. The van der Waals surface area contributed by atoms with Crippen LogP contribution in [0, 0.1) is 6.92 Å². The molecule has 0 atom stereocenters. The fourth-order valence-corrected chi connectivity index (χ4v) is 3.11. The van der Waals surface area contributed by atoms with Gasteiger partial charge in [-0.15, -0.1) is 0 Å². The highest BCUT2D eigenvalue weighted by Gasteiger charge is 2.24. The molecule has 0 saturated carbocycles. The van der Waals surface area contributed by atoms with Crippen molar-refractivity contribution >= 4 is 27.7 Å². The molecule has 0 aromatic heterocycles. The van der Waals surface area contributed by atoms with Crippen molar-refractivity contribution in [1.29, 1.82) is 0 Å². The zero-order chi connectivity index (χ0) is 19.9. The van der Waals surface area contributed by atoms with Crippen LogP contribution in [0.5, 0.6) is 11.5 Å². The summed E-state index contributed by atoms with van der Waals surface area (Å²) in [6.07, 6.45) is 0. The van der Waals surface area contributed by atoms with Crippen molar-refractivity contribution in [2.45, 2.75) is 6.92 Å². The number of hydrogen-bond donors (Lipinski definition) is 0. The smallest absolute Gasteiger partial charge is 0.260 e. The second-order valence-electron chi connectivity index (χ2n) is 6.61. The van der Waals surface area contributed by atoms with Crippen molar-refractivity contribution in [3.63, 3.8) is 0 Å². The van der Waals surface area contributed by atoms with E-state index in [1.54, 1.807) is 9.80 Å². The first-order valence-corrected chi connectivity index (χ1v) is 9.94. The molecule has 1 fully saturated rings. The average molecular weight is 447 g/mol. The van der Waals surface area contributed by atoms with Crippen molar-refractivity contribution in [2.24, 2.45) is 0 Å². The molecule has 28 heavy (non-hydrogen) atoms. The van der Waals surface area contributed by atoms with E-state index in [0.717, 1.165) is 10.0 Å². The van der Waals surface area contributed by atoms with Crippen LogP contribution in [-0.4, -0.2) is 61.0 Å². The number of carbonyl (C=O) groups excluding carboxylic acids is 2. The number of carbonyl (C=O) groups is 2. The number of rotatable bonds is 6. The Morgan fingerprint density at radius 3 is 1.61 bits per heavy atom. The number of halogens is 1. The molecule has 0 radical (unpaired) electrons. The number of benzene rings is 2. The van der Waals surface area contributed by atoms with Crippen molar-refractivity contribution in [3.8, 4) is 11.5 Å². The van der Waals surface area contributed by atoms with E-state index in [9.17, 15) is 9.59 Å². The van der Waals surface area contributed by atoms with Gasteiger partial charge in [0.2, 0.25) is 0 Å². The number of hydrogen-bond acceptors (Lipinski definition) is 4. The first-order chi connectivity index (χ1) is 13.5. The van der Waals surface area contributed by atoms with Crippen LogP contribution in [-0.2, 0) is 9.59 Å². The van der Waals surface area contributed by atoms with E-state index < -0.39 is 0 Å². The molecule has 2 aromatic rings. The molecule has 6 nitrogen and oxygen atoms in total. The maximum absolute atomic E-state index is 12.3. The van der Waals surface area contributed by atoms with Crippen LogP contribution in [0.1, 0.15) is 5.56 Å². The molecule has 148 valence electrons. The van der Waals surface area contributed by atoms with Gasteiger partial charge in [0.25, 0.3) is 11.8 Å². The Kier molecular flexibility index (Phi) is 6.92. The molecule has 7 heteroatoms. The van der Waals surface area contributed by atoms with Crippen LogP contribution in [0.15, 0.2) is 53.0 Å². The average Bonchev–Trinajstić information content (AvgIpc) is 2.72. The maximum Gasteiger partial charge on any atom is 0.260 e. The second-order valence-corrected chi connectivity index (χ2v) is 7.52. The zero-order valence-corrected chi connectivity index (χ0v) is 17.4. The van der Waals surface area contributed by atoms with E-state index in [0.29, 0.717) is 37.7 Å². The Morgan fingerprint density at radius 2 is 1.18 bits per heavy atom. The minimum Gasteiger partial charge on any atom is -0.484 e. The molecule has 1 saturated heterocycles. The van der Waals surface area contributed by atoms with Crippen molar-refractivity contribution in [3.05, 3.63) is 58.6 Å². The highest BCUT2D eigenvalue weighted by atomic mass is 79.9. The van der Waals surface area contributed by atoms with Crippen LogP contribution >= 0.6 is 15.9 Å². The van der Waals surface area contributed by atoms with E-state index in [2.05, 4.69) is 15.9 Å². The molecule has 2 aromatic carbocycles. The zero-order valence-electron chi connectivity index (χ0n) is 15.8. The van der Waals surface area contributed by atoms with E-state index in [1.807, 2.05) is 55.5 Å². The quantitative estimate of drug-likeness (QED) is 0.684. The summed E-state index contributed by atoms with van der Waals surface area (Å²) in [5, 5.41) is 0. The molecule has 2 amide bonds. The molecule has 1 heterocycles. The minimum absolute atomic E-state index is 0.00366. The van der Waals surface area contributed by atoms with Gasteiger partial charge in [0.05, 0.1) is 0 Å². The van der Waals surface area contributed by atoms with E-state index in [4.69, 9.17) is 9.47 Å². The molecular formula is C21H23BrN2O4. The lowest BCUT2D eigenvalue weighted by Crippen LogP contribution is -2.52. The van der Waals surface area contributed by atoms with Crippen LogP contribution < -0.4 is 9.47 Å². The molecule has 3 rings (SSSR count). The summed E-state index contributed by atoms with van der Waals surface area (Å²) < 4.78 is 12.0. The number of piperazine rings is 1. The van der Waals surface area contributed by atoms with Crippen LogP contribution in [0.3, 0.4) is 0 Å². The monoisotopic (exact) mass is 446 g/mol. The number of ether oxygens (including phenoxy) is 2. The van der Waals surface area contributed by atoms with E-state index in [1.165, 1.54) is 0 Å². The lowest BCUT2D eigenvalue weighted by Gasteiger charge is -2.34. The highest BCUT2D eigenvalue weighted by molar-refractivity contribution is 9.10. The van der Waals surface area contributed by atoms with Crippen molar-refractivity contribution < 1.29 is 19.1 Å². The Bertz CT molecular complexity index is 731. The third-order valence-electron chi connectivity index (χ3n) is 4.54. The fourth-order valence-electron chi connectivity index (χ4n) is 2.84. The second kappa shape index (κ2) is 9.59. The summed E-state index contributed by atoms with van der Waals surface area (Å²) in [6, 6.07) is 14.9. The first-order valence-electron chi connectivity index (χ1n) is 9.14. The molecule has 1 aliphatic heterocycles. The summed E-state index contributed by atoms with van der Waals surface area (Å²) in [6.45, 7) is 3.99. The van der Waals surface area contributed by atoms with Gasteiger partial charge in [0.15, 0.2) is 13.2 Å². The van der Waals surface area contributed by atoms with Gasteiger partial charge in [0, 0.05) is 30.7 Å². The molecular weight excluding hydrogens is 424 g/mol. The maximum atomic E-state index is 12.3. The Morgan fingerprint density at radius 1 is 0.786 bits per heavy atom. The molecule has 0 aliphatic carbocycles. The summed E-state index contributed by atoms with van der Waals surface area (Å²) >= 11 is 3.36. The molecule has 0 unspecified atom stereocenters. The first kappa shape index (κ1) is 20.2. The summed E-state index contributed by atoms with van der Waals surface area (Å²) in [5.41, 5.74) is 1.14. The van der Waals surface area contributed by atoms with Gasteiger partial charge in [0.1, 0.15) is 11.5 Å².